The van der Waals surface area contributed by atoms with Gasteiger partial charge in [0.15, 0.2) is 11.5 Å². The number of ketones is 1. The van der Waals surface area contributed by atoms with Gasteiger partial charge in [0, 0.05) is 0 Å². The fourth-order valence-electron chi connectivity index (χ4n) is 2.70. The van der Waals surface area contributed by atoms with Crippen molar-refractivity contribution in [1.29, 1.82) is 0 Å². The first-order valence-corrected chi connectivity index (χ1v) is 7.24. The summed E-state index contributed by atoms with van der Waals surface area (Å²) in [6.45, 7) is 4.04. The highest BCUT2D eigenvalue weighted by Gasteiger charge is 2.43. The minimum Gasteiger partial charge on any atom is -0.340 e. The zero-order chi connectivity index (χ0) is 15.7. The van der Waals surface area contributed by atoms with Gasteiger partial charge in [0.2, 0.25) is 0 Å². The molecule has 0 saturated heterocycles. The number of Topliss-reactive ketones (excluding diaryl/α,β-unsaturated/α-hetero) is 1. The van der Waals surface area contributed by atoms with Crippen molar-refractivity contribution < 1.29 is 14.6 Å². The van der Waals surface area contributed by atoms with Crippen molar-refractivity contribution in [2.75, 3.05) is 7.11 Å². The third-order valence-electron chi connectivity index (χ3n) is 3.94. The average Bonchev–Trinajstić information content (AvgIpc) is 2.51. The van der Waals surface area contributed by atoms with Crippen molar-refractivity contribution in [3.8, 4) is 0 Å². The van der Waals surface area contributed by atoms with E-state index in [0.717, 1.165) is 22.3 Å². The molecule has 1 atom stereocenters. The molecular weight excluding hydrogens is 276 g/mol. The largest absolute Gasteiger partial charge is 0.340 e. The number of allylic oxidation sites excluding steroid dienone is 2. The molecule has 1 aliphatic carbocycles. The van der Waals surface area contributed by atoms with E-state index >= 15 is 0 Å². The Hall–Kier alpha value is -2.39. The van der Waals surface area contributed by atoms with Crippen LogP contribution in [0, 0.1) is 13.8 Å². The van der Waals surface area contributed by atoms with E-state index in [-0.39, 0.29) is 11.7 Å². The number of rotatable bonds is 4. The molecule has 0 radical (unpaired) electrons. The monoisotopic (exact) mass is 294 g/mol. The summed E-state index contributed by atoms with van der Waals surface area (Å²) in [7, 11) is 1.45. The highest BCUT2D eigenvalue weighted by molar-refractivity contribution is 6.32. The predicted molar refractivity (Wildman–Crippen MR) is 85.1 cm³/mol. The van der Waals surface area contributed by atoms with Gasteiger partial charge in [0.1, 0.15) is 5.92 Å². The van der Waals surface area contributed by atoms with Gasteiger partial charge < -0.3 is 4.89 Å². The van der Waals surface area contributed by atoms with Crippen molar-refractivity contribution in [3.63, 3.8) is 0 Å². The van der Waals surface area contributed by atoms with Gasteiger partial charge in [0.25, 0.3) is 0 Å². The lowest BCUT2D eigenvalue weighted by Crippen LogP contribution is -2.30. The molecule has 0 N–H and O–H groups in total. The first-order valence-electron chi connectivity index (χ1n) is 7.24. The topological polar surface area (TPSA) is 35.5 Å². The second kappa shape index (κ2) is 5.78. The van der Waals surface area contributed by atoms with E-state index in [4.69, 9.17) is 9.78 Å². The SMILES string of the molecule is COOC1=C(c2ccc(C)cc2)C(=O)C1c1ccc(C)cc1. The molecule has 0 aromatic heterocycles. The first kappa shape index (κ1) is 14.5. The van der Waals surface area contributed by atoms with Crippen LogP contribution >= 0.6 is 0 Å². The lowest BCUT2D eigenvalue weighted by molar-refractivity contribution is -0.242. The highest BCUT2D eigenvalue weighted by Crippen LogP contribution is 2.44. The standard InChI is InChI=1S/C19H18O3/c1-12-4-8-14(9-5-12)16-18(20)17(19(16)22-21-3)15-10-6-13(2)7-11-15/h4-11,16H,1-3H3. The molecule has 0 aliphatic heterocycles. The highest BCUT2D eigenvalue weighted by atomic mass is 17.2. The Labute approximate surface area is 130 Å². The molecule has 1 unspecified atom stereocenters. The second-order valence-corrected chi connectivity index (χ2v) is 5.56. The third kappa shape index (κ3) is 2.44. The molecule has 2 aromatic carbocycles. The van der Waals surface area contributed by atoms with Crippen molar-refractivity contribution in [3.05, 3.63) is 76.5 Å². The lowest BCUT2D eigenvalue weighted by Gasteiger charge is -2.30. The Balaban J connectivity index is 2.02. The molecule has 0 spiro atoms. The third-order valence-corrected chi connectivity index (χ3v) is 3.94. The van der Waals surface area contributed by atoms with Crippen LogP contribution in [-0.2, 0) is 14.6 Å². The Bertz CT molecular complexity index is 724. The van der Waals surface area contributed by atoms with Crippen molar-refractivity contribution in [2.24, 2.45) is 0 Å². The van der Waals surface area contributed by atoms with E-state index in [0.29, 0.717) is 11.3 Å². The summed E-state index contributed by atoms with van der Waals surface area (Å²) >= 11 is 0. The van der Waals surface area contributed by atoms with Crippen LogP contribution in [-0.4, -0.2) is 12.9 Å². The number of aryl methyl sites for hydroxylation is 2. The Morgan fingerprint density at radius 1 is 0.864 bits per heavy atom. The fraction of sp³-hybridized carbons (Fsp3) is 0.211. The van der Waals surface area contributed by atoms with Gasteiger partial charge in [-0.2, -0.15) is 4.89 Å². The normalized spacial score (nSPS) is 17.4. The van der Waals surface area contributed by atoms with Crippen LogP contribution in [0.3, 0.4) is 0 Å². The Kier molecular flexibility index (Phi) is 3.82. The summed E-state index contributed by atoms with van der Waals surface area (Å²) in [5.41, 5.74) is 4.71. The van der Waals surface area contributed by atoms with Gasteiger partial charge in [0.05, 0.1) is 12.7 Å². The summed E-state index contributed by atoms with van der Waals surface area (Å²) in [5.74, 6) is 0.275. The molecule has 0 bridgehead atoms. The van der Waals surface area contributed by atoms with Crippen LogP contribution in [0.25, 0.3) is 5.57 Å². The summed E-state index contributed by atoms with van der Waals surface area (Å²) < 4.78 is 0. The van der Waals surface area contributed by atoms with Gasteiger partial charge in [-0.05, 0) is 25.0 Å². The van der Waals surface area contributed by atoms with Gasteiger partial charge in [-0.3, -0.25) is 4.79 Å². The minimum atomic E-state index is -0.378. The molecule has 112 valence electrons. The summed E-state index contributed by atoms with van der Waals surface area (Å²) in [4.78, 5) is 22.8. The van der Waals surface area contributed by atoms with E-state index in [1.807, 2.05) is 62.4 Å². The lowest BCUT2D eigenvalue weighted by atomic mass is 9.75. The van der Waals surface area contributed by atoms with Crippen LogP contribution in [0.15, 0.2) is 54.3 Å². The molecule has 1 aliphatic rings. The zero-order valence-corrected chi connectivity index (χ0v) is 12.9. The molecule has 0 amide bonds. The molecule has 0 saturated carbocycles. The van der Waals surface area contributed by atoms with Crippen LogP contribution in [0.1, 0.15) is 28.2 Å². The summed E-state index contributed by atoms with van der Waals surface area (Å²) in [6, 6.07) is 15.8. The maximum absolute atomic E-state index is 12.6. The molecular formula is C19H18O3. The van der Waals surface area contributed by atoms with E-state index in [9.17, 15) is 4.79 Å². The molecule has 22 heavy (non-hydrogen) atoms. The van der Waals surface area contributed by atoms with E-state index < -0.39 is 0 Å². The maximum atomic E-state index is 12.6. The number of hydrogen-bond donors (Lipinski definition) is 0. The number of benzene rings is 2. The quantitative estimate of drug-likeness (QED) is 0.632. The molecule has 3 rings (SSSR count). The molecule has 3 nitrogen and oxygen atoms in total. The summed E-state index contributed by atoms with van der Waals surface area (Å²) in [5, 5.41) is 0. The molecule has 3 heteroatoms. The molecule has 0 fully saturated rings. The molecule has 0 heterocycles. The molecule has 2 aromatic rings. The fourth-order valence-corrected chi connectivity index (χ4v) is 2.70. The van der Waals surface area contributed by atoms with E-state index in [1.54, 1.807) is 0 Å². The number of carbonyl (C=O) groups is 1. The maximum Gasteiger partial charge on any atom is 0.182 e. The van der Waals surface area contributed by atoms with Crippen LogP contribution in [0.4, 0.5) is 0 Å². The van der Waals surface area contributed by atoms with Gasteiger partial charge in [-0.15, -0.1) is 0 Å². The summed E-state index contributed by atoms with van der Waals surface area (Å²) in [6.07, 6.45) is 0. The van der Waals surface area contributed by atoms with Gasteiger partial charge in [-0.25, -0.2) is 0 Å². The van der Waals surface area contributed by atoms with E-state index in [2.05, 4.69) is 0 Å². The van der Waals surface area contributed by atoms with Gasteiger partial charge >= 0.3 is 0 Å². The second-order valence-electron chi connectivity index (χ2n) is 5.56. The van der Waals surface area contributed by atoms with Crippen molar-refractivity contribution in [2.45, 2.75) is 19.8 Å². The number of hydrogen-bond acceptors (Lipinski definition) is 3. The van der Waals surface area contributed by atoms with Crippen LogP contribution in [0.2, 0.25) is 0 Å². The van der Waals surface area contributed by atoms with E-state index in [1.165, 1.54) is 7.11 Å². The smallest absolute Gasteiger partial charge is 0.182 e. The van der Waals surface area contributed by atoms with Crippen molar-refractivity contribution >= 4 is 11.4 Å². The first-order chi connectivity index (χ1) is 10.6. The Morgan fingerprint density at radius 3 is 1.95 bits per heavy atom. The zero-order valence-electron chi connectivity index (χ0n) is 12.9. The Morgan fingerprint density at radius 2 is 1.41 bits per heavy atom. The van der Waals surface area contributed by atoms with Crippen molar-refractivity contribution in [1.82, 2.24) is 0 Å². The number of carbonyl (C=O) groups excluding carboxylic acids is 1. The van der Waals surface area contributed by atoms with Crippen LogP contribution < -0.4 is 0 Å². The minimum absolute atomic E-state index is 0.0692. The predicted octanol–water partition coefficient (Wildman–Crippen LogP) is 3.96. The van der Waals surface area contributed by atoms with Crippen LogP contribution in [0.5, 0.6) is 0 Å². The average molecular weight is 294 g/mol. The van der Waals surface area contributed by atoms with Gasteiger partial charge in [-0.1, -0.05) is 59.7 Å².